The molecule has 1 aliphatic heterocycles. The summed E-state index contributed by atoms with van der Waals surface area (Å²) in [6, 6.07) is 11.7. The van der Waals surface area contributed by atoms with Crippen LogP contribution in [0.15, 0.2) is 42.5 Å². The Bertz CT molecular complexity index is 1140. The minimum absolute atomic E-state index is 0.129. The number of nitro groups is 1. The van der Waals surface area contributed by atoms with Crippen LogP contribution in [0.3, 0.4) is 0 Å². The van der Waals surface area contributed by atoms with Gasteiger partial charge in [0.25, 0.3) is 11.6 Å². The summed E-state index contributed by atoms with van der Waals surface area (Å²) in [6.45, 7) is 0.883. The van der Waals surface area contributed by atoms with E-state index in [9.17, 15) is 14.9 Å². The summed E-state index contributed by atoms with van der Waals surface area (Å²) in [5, 5.41) is 22.8. The third kappa shape index (κ3) is 4.25. The molecule has 1 N–H and O–H groups in total. The molecular formula is C22H24N6O3. The molecule has 0 unspecified atom stereocenters. The van der Waals surface area contributed by atoms with E-state index in [0.717, 1.165) is 43.0 Å². The van der Waals surface area contributed by atoms with Gasteiger partial charge in [-0.25, -0.2) is 0 Å². The lowest BCUT2D eigenvalue weighted by Gasteiger charge is -2.17. The SMILES string of the molecule is CN(C)c1ccc([N+](=O)[O-])cc1C(=O)Nc1cccc(-c2nnc3n2CCCCC3)c1. The number of nitrogens with one attached hydrogen (secondary N) is 1. The molecule has 1 aliphatic rings. The summed E-state index contributed by atoms with van der Waals surface area (Å²) >= 11 is 0. The highest BCUT2D eigenvalue weighted by atomic mass is 16.6. The van der Waals surface area contributed by atoms with Crippen LogP contribution in [0.4, 0.5) is 17.1 Å². The Labute approximate surface area is 179 Å². The van der Waals surface area contributed by atoms with Gasteiger partial charge in [-0.15, -0.1) is 10.2 Å². The molecule has 0 saturated heterocycles. The fourth-order valence-corrected chi connectivity index (χ4v) is 3.84. The minimum Gasteiger partial charge on any atom is -0.377 e. The zero-order valence-corrected chi connectivity index (χ0v) is 17.5. The second-order valence-corrected chi connectivity index (χ2v) is 7.79. The van der Waals surface area contributed by atoms with Gasteiger partial charge < -0.3 is 14.8 Å². The van der Waals surface area contributed by atoms with E-state index in [1.165, 1.54) is 18.6 Å². The van der Waals surface area contributed by atoms with Crippen molar-refractivity contribution in [3.8, 4) is 11.4 Å². The number of hydrogen-bond acceptors (Lipinski definition) is 6. The number of aryl methyl sites for hydroxylation is 1. The van der Waals surface area contributed by atoms with E-state index in [-0.39, 0.29) is 11.3 Å². The first-order valence-electron chi connectivity index (χ1n) is 10.2. The lowest BCUT2D eigenvalue weighted by atomic mass is 10.1. The van der Waals surface area contributed by atoms with Crippen molar-refractivity contribution in [2.24, 2.45) is 0 Å². The number of amides is 1. The van der Waals surface area contributed by atoms with E-state index in [0.29, 0.717) is 11.4 Å². The van der Waals surface area contributed by atoms with Crippen molar-refractivity contribution in [2.45, 2.75) is 32.2 Å². The standard InChI is InChI=1S/C22H24N6O3/c1-26(2)19-11-10-17(28(30)31)14-18(19)22(29)23-16-8-6-7-15(13-16)21-25-24-20-9-4-3-5-12-27(20)21/h6-8,10-11,13-14H,3-5,9,12H2,1-2H3,(H,23,29). The van der Waals surface area contributed by atoms with Crippen molar-refractivity contribution >= 4 is 23.0 Å². The quantitative estimate of drug-likeness (QED) is 0.496. The third-order valence-corrected chi connectivity index (χ3v) is 5.41. The Morgan fingerprint density at radius 3 is 2.74 bits per heavy atom. The van der Waals surface area contributed by atoms with Gasteiger partial charge in [-0.2, -0.15) is 0 Å². The zero-order valence-electron chi connectivity index (χ0n) is 17.5. The molecule has 31 heavy (non-hydrogen) atoms. The molecule has 160 valence electrons. The number of fused-ring (bicyclic) bond motifs is 1. The maximum absolute atomic E-state index is 13.0. The van der Waals surface area contributed by atoms with Crippen molar-refractivity contribution in [1.82, 2.24) is 14.8 Å². The van der Waals surface area contributed by atoms with Gasteiger partial charge >= 0.3 is 0 Å². The van der Waals surface area contributed by atoms with Crippen molar-refractivity contribution < 1.29 is 9.72 Å². The first kappa shape index (κ1) is 20.5. The second kappa shape index (κ2) is 8.55. The molecule has 0 fully saturated rings. The second-order valence-electron chi connectivity index (χ2n) is 7.79. The van der Waals surface area contributed by atoms with Crippen LogP contribution < -0.4 is 10.2 Å². The van der Waals surface area contributed by atoms with E-state index in [4.69, 9.17) is 0 Å². The average molecular weight is 420 g/mol. The first-order chi connectivity index (χ1) is 14.9. The lowest BCUT2D eigenvalue weighted by Crippen LogP contribution is -2.18. The van der Waals surface area contributed by atoms with Crippen LogP contribution in [0, 0.1) is 10.1 Å². The van der Waals surface area contributed by atoms with E-state index in [1.807, 2.05) is 18.2 Å². The molecule has 0 aliphatic carbocycles. The van der Waals surface area contributed by atoms with Gasteiger partial charge in [-0.05, 0) is 31.0 Å². The number of hydrogen-bond donors (Lipinski definition) is 1. The van der Waals surface area contributed by atoms with Crippen LogP contribution >= 0.6 is 0 Å². The third-order valence-electron chi connectivity index (χ3n) is 5.41. The number of rotatable bonds is 5. The van der Waals surface area contributed by atoms with Crippen LogP contribution in [0.1, 0.15) is 35.4 Å². The Hall–Kier alpha value is -3.75. The summed E-state index contributed by atoms with van der Waals surface area (Å²) in [5.74, 6) is 1.37. The highest BCUT2D eigenvalue weighted by Gasteiger charge is 2.19. The summed E-state index contributed by atoms with van der Waals surface area (Å²) in [5.41, 5.74) is 2.16. The molecule has 0 spiro atoms. The molecule has 9 nitrogen and oxygen atoms in total. The number of non-ortho nitro benzene ring substituents is 1. The summed E-state index contributed by atoms with van der Waals surface area (Å²) < 4.78 is 2.15. The molecule has 2 heterocycles. The zero-order chi connectivity index (χ0) is 22.0. The fourth-order valence-electron chi connectivity index (χ4n) is 3.84. The highest BCUT2D eigenvalue weighted by Crippen LogP contribution is 2.27. The van der Waals surface area contributed by atoms with Crippen LogP contribution in [-0.4, -0.2) is 39.7 Å². The Morgan fingerprint density at radius 1 is 1.13 bits per heavy atom. The van der Waals surface area contributed by atoms with E-state index in [1.54, 1.807) is 31.1 Å². The van der Waals surface area contributed by atoms with Gasteiger partial charge in [0.15, 0.2) is 5.82 Å². The molecule has 1 aromatic heterocycles. The molecule has 4 rings (SSSR count). The van der Waals surface area contributed by atoms with Crippen LogP contribution in [0.25, 0.3) is 11.4 Å². The number of carbonyl (C=O) groups excluding carboxylic acids is 1. The summed E-state index contributed by atoms with van der Waals surface area (Å²) in [6.07, 6.45) is 4.31. The smallest absolute Gasteiger partial charge is 0.270 e. The Kier molecular flexibility index (Phi) is 5.66. The molecule has 3 aromatic rings. The largest absolute Gasteiger partial charge is 0.377 e. The fraction of sp³-hybridized carbons (Fsp3) is 0.318. The van der Waals surface area contributed by atoms with Crippen molar-refractivity contribution in [2.75, 3.05) is 24.3 Å². The number of nitrogens with zero attached hydrogens (tertiary/aromatic N) is 5. The van der Waals surface area contributed by atoms with Gasteiger partial charge in [0, 0.05) is 56.1 Å². The molecule has 0 atom stereocenters. The van der Waals surface area contributed by atoms with Crippen LogP contribution in [-0.2, 0) is 13.0 Å². The monoisotopic (exact) mass is 420 g/mol. The maximum Gasteiger partial charge on any atom is 0.270 e. The molecule has 0 saturated carbocycles. The molecule has 0 radical (unpaired) electrons. The number of anilines is 2. The predicted octanol–water partition coefficient (Wildman–Crippen LogP) is 3.90. The molecular weight excluding hydrogens is 396 g/mol. The van der Waals surface area contributed by atoms with Crippen molar-refractivity contribution in [3.63, 3.8) is 0 Å². The number of benzene rings is 2. The van der Waals surface area contributed by atoms with Crippen LogP contribution in [0.5, 0.6) is 0 Å². The lowest BCUT2D eigenvalue weighted by molar-refractivity contribution is -0.384. The number of carbonyl (C=O) groups is 1. The topological polar surface area (TPSA) is 106 Å². The normalized spacial score (nSPS) is 13.2. The van der Waals surface area contributed by atoms with E-state index in [2.05, 4.69) is 20.1 Å². The first-order valence-corrected chi connectivity index (χ1v) is 10.2. The highest BCUT2D eigenvalue weighted by molar-refractivity contribution is 6.08. The molecule has 1 amide bonds. The van der Waals surface area contributed by atoms with Crippen LogP contribution in [0.2, 0.25) is 0 Å². The Morgan fingerprint density at radius 2 is 1.97 bits per heavy atom. The average Bonchev–Trinajstić information content (AvgIpc) is 3.01. The van der Waals surface area contributed by atoms with Crippen molar-refractivity contribution in [3.05, 3.63) is 64.0 Å². The van der Waals surface area contributed by atoms with E-state index >= 15 is 0 Å². The molecule has 0 bridgehead atoms. The Balaban J connectivity index is 1.63. The van der Waals surface area contributed by atoms with Gasteiger partial charge in [0.2, 0.25) is 0 Å². The molecule has 9 heteroatoms. The number of nitro benzene ring substituents is 1. The van der Waals surface area contributed by atoms with E-state index < -0.39 is 10.8 Å². The predicted molar refractivity (Wildman–Crippen MR) is 118 cm³/mol. The maximum atomic E-state index is 13.0. The van der Waals surface area contributed by atoms with Gasteiger partial charge in [0.05, 0.1) is 10.5 Å². The number of aromatic nitrogens is 3. The van der Waals surface area contributed by atoms with Gasteiger partial charge in [-0.1, -0.05) is 18.6 Å². The molecule has 2 aromatic carbocycles. The van der Waals surface area contributed by atoms with Gasteiger partial charge in [0.1, 0.15) is 5.82 Å². The summed E-state index contributed by atoms with van der Waals surface area (Å²) in [7, 11) is 3.57. The minimum atomic E-state index is -0.506. The van der Waals surface area contributed by atoms with Gasteiger partial charge in [-0.3, -0.25) is 14.9 Å². The van der Waals surface area contributed by atoms with Crippen molar-refractivity contribution in [1.29, 1.82) is 0 Å². The summed E-state index contributed by atoms with van der Waals surface area (Å²) in [4.78, 5) is 25.4.